The Morgan fingerprint density at radius 2 is 1.88 bits per heavy atom. The molecule has 1 rings (SSSR count). The molecule has 0 spiro atoms. The number of rotatable bonds is 3. The Morgan fingerprint density at radius 1 is 1.31 bits per heavy atom. The van der Waals surface area contributed by atoms with Crippen LogP contribution in [0.2, 0.25) is 0 Å². The standard InChI is InChI=1S/C8H8F3NO3S/c9-8(10,11)6-4-2-1-3-5(6)7(13)12-16(14)15/h1-4,7,12-13H,(H,14,15). The zero-order valence-electron chi connectivity index (χ0n) is 7.73. The van der Waals surface area contributed by atoms with E-state index >= 15 is 0 Å². The first-order valence-corrected chi connectivity index (χ1v) is 5.14. The minimum absolute atomic E-state index is 0.502. The molecular formula is C8H8F3NO3S. The Morgan fingerprint density at radius 3 is 2.38 bits per heavy atom. The molecule has 0 aliphatic rings. The molecule has 1 aromatic carbocycles. The summed E-state index contributed by atoms with van der Waals surface area (Å²) in [6, 6.07) is 4.25. The summed E-state index contributed by atoms with van der Waals surface area (Å²) < 4.78 is 57.8. The van der Waals surface area contributed by atoms with Gasteiger partial charge in [-0.25, -0.2) is 4.21 Å². The van der Waals surface area contributed by atoms with E-state index in [0.717, 1.165) is 18.2 Å². The van der Waals surface area contributed by atoms with E-state index in [-0.39, 0.29) is 0 Å². The van der Waals surface area contributed by atoms with Gasteiger partial charge in [0.1, 0.15) is 6.23 Å². The molecule has 90 valence electrons. The van der Waals surface area contributed by atoms with Gasteiger partial charge in [0, 0.05) is 5.56 Å². The summed E-state index contributed by atoms with van der Waals surface area (Å²) in [6.45, 7) is 0. The monoisotopic (exact) mass is 255 g/mol. The number of halogens is 3. The van der Waals surface area contributed by atoms with Crippen LogP contribution in [0.3, 0.4) is 0 Å². The molecule has 0 aliphatic heterocycles. The third-order valence-electron chi connectivity index (χ3n) is 1.77. The molecule has 0 heterocycles. The largest absolute Gasteiger partial charge is 0.416 e. The zero-order chi connectivity index (χ0) is 12.3. The topological polar surface area (TPSA) is 69.6 Å². The Labute approximate surface area is 91.5 Å². The van der Waals surface area contributed by atoms with Crippen molar-refractivity contribution in [1.29, 1.82) is 0 Å². The van der Waals surface area contributed by atoms with Crippen molar-refractivity contribution in [1.82, 2.24) is 4.72 Å². The van der Waals surface area contributed by atoms with Crippen LogP contribution in [0.1, 0.15) is 17.4 Å². The predicted octanol–water partition coefficient (Wildman–Crippen LogP) is 1.42. The lowest BCUT2D eigenvalue weighted by Gasteiger charge is -2.16. The van der Waals surface area contributed by atoms with Crippen LogP contribution in [0.4, 0.5) is 13.2 Å². The van der Waals surface area contributed by atoms with Gasteiger partial charge >= 0.3 is 6.18 Å². The van der Waals surface area contributed by atoms with Gasteiger partial charge in [0.25, 0.3) is 0 Å². The normalized spacial score (nSPS) is 15.8. The van der Waals surface area contributed by atoms with E-state index in [1.54, 1.807) is 4.72 Å². The number of hydrogen-bond donors (Lipinski definition) is 3. The molecule has 0 fully saturated rings. The number of aliphatic hydroxyl groups is 1. The molecule has 3 N–H and O–H groups in total. The Balaban J connectivity index is 3.08. The van der Waals surface area contributed by atoms with Gasteiger partial charge in [-0.15, -0.1) is 0 Å². The maximum Gasteiger partial charge on any atom is 0.416 e. The van der Waals surface area contributed by atoms with Crippen molar-refractivity contribution in [3.63, 3.8) is 0 Å². The minimum Gasteiger partial charge on any atom is -0.373 e. The first-order chi connectivity index (χ1) is 7.32. The molecule has 1 aromatic rings. The maximum absolute atomic E-state index is 12.5. The second-order valence-corrected chi connectivity index (χ2v) is 3.59. The van der Waals surface area contributed by atoms with Gasteiger partial charge in [-0.05, 0) is 6.07 Å². The molecule has 4 nitrogen and oxygen atoms in total. The van der Waals surface area contributed by atoms with E-state index in [4.69, 9.17) is 4.55 Å². The van der Waals surface area contributed by atoms with Crippen LogP contribution in [0.5, 0.6) is 0 Å². The summed E-state index contributed by atoms with van der Waals surface area (Å²) in [5.41, 5.74) is -1.56. The quantitative estimate of drug-likeness (QED) is 0.565. The number of aliphatic hydroxyl groups excluding tert-OH is 1. The molecule has 2 atom stereocenters. The average molecular weight is 255 g/mol. The van der Waals surface area contributed by atoms with Crippen LogP contribution >= 0.6 is 0 Å². The summed E-state index contributed by atoms with van der Waals surface area (Å²) in [6.07, 6.45) is -6.49. The van der Waals surface area contributed by atoms with Gasteiger partial charge in [-0.1, -0.05) is 18.2 Å². The smallest absolute Gasteiger partial charge is 0.373 e. The lowest BCUT2D eigenvalue weighted by atomic mass is 10.1. The lowest BCUT2D eigenvalue weighted by molar-refractivity contribution is -0.139. The highest BCUT2D eigenvalue weighted by Gasteiger charge is 2.34. The molecule has 0 amide bonds. The Bertz CT molecular complexity index is 396. The lowest BCUT2D eigenvalue weighted by Crippen LogP contribution is -2.25. The average Bonchev–Trinajstić information content (AvgIpc) is 2.15. The second-order valence-electron chi connectivity index (χ2n) is 2.85. The summed E-state index contributed by atoms with van der Waals surface area (Å²) in [4.78, 5) is 0. The number of benzene rings is 1. The number of alkyl halides is 3. The van der Waals surface area contributed by atoms with Crippen LogP contribution in [-0.4, -0.2) is 13.9 Å². The predicted molar refractivity (Wildman–Crippen MR) is 50.3 cm³/mol. The van der Waals surface area contributed by atoms with Gasteiger partial charge in [0.15, 0.2) is 0 Å². The number of hydrogen-bond acceptors (Lipinski definition) is 2. The molecule has 0 saturated heterocycles. The molecule has 0 radical (unpaired) electrons. The van der Waals surface area contributed by atoms with E-state index in [1.165, 1.54) is 6.07 Å². The maximum atomic E-state index is 12.5. The van der Waals surface area contributed by atoms with Crippen molar-refractivity contribution >= 4 is 11.3 Å². The Hall–Kier alpha value is -0.960. The van der Waals surface area contributed by atoms with Crippen molar-refractivity contribution in [2.24, 2.45) is 0 Å². The van der Waals surface area contributed by atoms with E-state index in [2.05, 4.69) is 0 Å². The van der Waals surface area contributed by atoms with Gasteiger partial charge < -0.3 is 5.11 Å². The van der Waals surface area contributed by atoms with Crippen molar-refractivity contribution in [3.05, 3.63) is 35.4 Å². The van der Waals surface area contributed by atoms with Gasteiger partial charge in [-0.3, -0.25) is 4.55 Å². The fraction of sp³-hybridized carbons (Fsp3) is 0.250. The molecular weight excluding hydrogens is 247 g/mol. The molecule has 0 aromatic heterocycles. The van der Waals surface area contributed by atoms with Crippen LogP contribution < -0.4 is 4.72 Å². The molecule has 0 bridgehead atoms. The van der Waals surface area contributed by atoms with Crippen LogP contribution in [0.15, 0.2) is 24.3 Å². The van der Waals surface area contributed by atoms with Crippen LogP contribution in [-0.2, 0) is 17.4 Å². The third kappa shape index (κ3) is 3.27. The van der Waals surface area contributed by atoms with E-state index in [1.807, 2.05) is 0 Å². The molecule has 0 saturated carbocycles. The van der Waals surface area contributed by atoms with Crippen molar-refractivity contribution < 1.29 is 27.0 Å². The van der Waals surface area contributed by atoms with Crippen LogP contribution in [0.25, 0.3) is 0 Å². The molecule has 2 unspecified atom stereocenters. The highest BCUT2D eigenvalue weighted by molar-refractivity contribution is 7.77. The summed E-state index contributed by atoms with van der Waals surface area (Å²) in [5, 5.41) is 9.27. The fourth-order valence-electron chi connectivity index (χ4n) is 1.15. The third-order valence-corrected chi connectivity index (χ3v) is 2.20. The minimum atomic E-state index is -4.63. The number of nitrogens with one attached hydrogen (secondary N) is 1. The zero-order valence-corrected chi connectivity index (χ0v) is 8.55. The first-order valence-electron chi connectivity index (χ1n) is 4.03. The van der Waals surface area contributed by atoms with E-state index in [9.17, 15) is 22.5 Å². The highest BCUT2D eigenvalue weighted by Crippen LogP contribution is 2.33. The van der Waals surface area contributed by atoms with E-state index in [0.29, 0.717) is 0 Å². The highest BCUT2D eigenvalue weighted by atomic mass is 32.2. The first kappa shape index (κ1) is 13.1. The van der Waals surface area contributed by atoms with Crippen molar-refractivity contribution in [3.8, 4) is 0 Å². The van der Waals surface area contributed by atoms with Gasteiger partial charge in [0.05, 0.1) is 5.56 Å². The molecule has 0 aliphatic carbocycles. The van der Waals surface area contributed by atoms with E-state index < -0.39 is 34.8 Å². The van der Waals surface area contributed by atoms with Crippen molar-refractivity contribution in [2.75, 3.05) is 0 Å². The fourth-order valence-corrected chi connectivity index (χ4v) is 1.47. The second kappa shape index (κ2) is 4.91. The Kier molecular flexibility index (Phi) is 4.03. The summed E-state index contributed by atoms with van der Waals surface area (Å²) in [5.74, 6) is 0. The molecule has 16 heavy (non-hydrogen) atoms. The van der Waals surface area contributed by atoms with Crippen molar-refractivity contribution in [2.45, 2.75) is 12.4 Å². The summed E-state index contributed by atoms with van der Waals surface area (Å²) >= 11 is -2.60. The SMILES string of the molecule is O=S(O)NC(O)c1ccccc1C(F)(F)F. The van der Waals surface area contributed by atoms with Crippen LogP contribution in [0, 0.1) is 0 Å². The van der Waals surface area contributed by atoms with Gasteiger partial charge in [-0.2, -0.15) is 17.9 Å². The van der Waals surface area contributed by atoms with Gasteiger partial charge in [0.2, 0.25) is 11.3 Å². The summed E-state index contributed by atoms with van der Waals surface area (Å²) in [7, 11) is 0. The molecule has 8 heteroatoms.